The van der Waals surface area contributed by atoms with Gasteiger partial charge in [-0.1, -0.05) is 24.3 Å². The van der Waals surface area contributed by atoms with Gasteiger partial charge in [0.15, 0.2) is 11.4 Å². The van der Waals surface area contributed by atoms with Crippen LogP contribution in [-0.4, -0.2) is 17.1 Å². The van der Waals surface area contributed by atoms with Crippen molar-refractivity contribution in [2.45, 2.75) is 20.4 Å². The van der Waals surface area contributed by atoms with Gasteiger partial charge in [0, 0.05) is 10.9 Å². The number of benzene rings is 3. The van der Waals surface area contributed by atoms with Gasteiger partial charge in [-0.3, -0.25) is 4.79 Å². The van der Waals surface area contributed by atoms with Crippen LogP contribution in [0.1, 0.15) is 16.7 Å². The molecule has 7 heteroatoms. The van der Waals surface area contributed by atoms with Crippen LogP contribution < -0.4 is 14.9 Å². The van der Waals surface area contributed by atoms with Gasteiger partial charge in [0.05, 0.1) is 23.6 Å². The molecule has 4 aromatic rings. The fourth-order valence-electron chi connectivity index (χ4n) is 3.78. The quantitative estimate of drug-likeness (QED) is 0.433. The van der Waals surface area contributed by atoms with E-state index < -0.39 is 0 Å². The van der Waals surface area contributed by atoms with Crippen LogP contribution in [0.15, 0.2) is 71.0 Å². The Bertz CT molecular complexity index is 1420. The Kier molecular flexibility index (Phi) is 5.56. The monoisotopic (exact) mass is 459 g/mol. The van der Waals surface area contributed by atoms with E-state index in [1.165, 1.54) is 17.7 Å². The molecular weight excluding hydrogens is 437 g/mol. The summed E-state index contributed by atoms with van der Waals surface area (Å²) in [4.78, 5) is 17.6. The second-order valence-electron chi connectivity index (χ2n) is 7.99. The minimum absolute atomic E-state index is 0.0221. The number of carbonyl (C=O) groups is 1. The van der Waals surface area contributed by atoms with E-state index in [0.717, 1.165) is 32.9 Å². The number of carbonyl (C=O) groups excluding carboxylic acids is 1. The SMILES string of the molecule is Cc1cccc(N=c2scc(-c3ccc4c(c3)NC(=O)CO4)n2Cc2ccc(F)cc2)c1C. The molecule has 166 valence electrons. The molecule has 0 unspecified atom stereocenters. The maximum atomic E-state index is 13.5. The number of aryl methyl sites for hydroxylation is 1. The lowest BCUT2D eigenvalue weighted by molar-refractivity contribution is -0.118. The van der Waals surface area contributed by atoms with Crippen molar-refractivity contribution in [3.05, 3.63) is 93.4 Å². The molecule has 1 aromatic heterocycles. The molecule has 0 aliphatic carbocycles. The number of amides is 1. The second kappa shape index (κ2) is 8.67. The van der Waals surface area contributed by atoms with E-state index in [2.05, 4.69) is 35.2 Å². The third kappa shape index (κ3) is 4.32. The van der Waals surface area contributed by atoms with Gasteiger partial charge in [-0.25, -0.2) is 9.38 Å². The van der Waals surface area contributed by atoms with Crippen LogP contribution in [0.25, 0.3) is 11.3 Å². The molecule has 0 radical (unpaired) electrons. The van der Waals surface area contributed by atoms with Crippen LogP contribution >= 0.6 is 11.3 Å². The van der Waals surface area contributed by atoms with E-state index in [0.29, 0.717) is 18.0 Å². The number of hydrogen-bond acceptors (Lipinski definition) is 4. The molecule has 0 spiro atoms. The highest BCUT2D eigenvalue weighted by Gasteiger charge is 2.18. The van der Waals surface area contributed by atoms with Gasteiger partial charge in [-0.15, -0.1) is 11.3 Å². The molecule has 1 aliphatic heterocycles. The normalized spacial score (nSPS) is 13.4. The van der Waals surface area contributed by atoms with Gasteiger partial charge < -0.3 is 14.6 Å². The van der Waals surface area contributed by atoms with E-state index in [-0.39, 0.29) is 18.3 Å². The number of aromatic nitrogens is 1. The van der Waals surface area contributed by atoms with Crippen molar-refractivity contribution in [3.8, 4) is 17.0 Å². The molecule has 1 amide bonds. The van der Waals surface area contributed by atoms with Crippen LogP contribution in [0.4, 0.5) is 15.8 Å². The van der Waals surface area contributed by atoms with Gasteiger partial charge >= 0.3 is 0 Å². The summed E-state index contributed by atoms with van der Waals surface area (Å²) >= 11 is 1.54. The fraction of sp³-hybridized carbons (Fsp3) is 0.154. The molecular formula is C26H22FN3O2S. The highest BCUT2D eigenvalue weighted by Crippen LogP contribution is 2.33. The predicted molar refractivity (Wildman–Crippen MR) is 129 cm³/mol. The van der Waals surface area contributed by atoms with Gasteiger partial charge in [-0.2, -0.15) is 0 Å². The number of hydrogen-bond donors (Lipinski definition) is 1. The van der Waals surface area contributed by atoms with Gasteiger partial charge in [0.25, 0.3) is 5.91 Å². The zero-order valence-electron chi connectivity index (χ0n) is 18.3. The third-order valence-corrected chi connectivity index (χ3v) is 6.62. The average Bonchev–Trinajstić information content (AvgIpc) is 3.20. The molecule has 0 saturated carbocycles. The summed E-state index contributed by atoms with van der Waals surface area (Å²) in [7, 11) is 0. The summed E-state index contributed by atoms with van der Waals surface area (Å²) < 4.78 is 21.1. The Labute approximate surface area is 194 Å². The maximum Gasteiger partial charge on any atom is 0.262 e. The lowest BCUT2D eigenvalue weighted by atomic mass is 10.1. The first-order valence-electron chi connectivity index (χ1n) is 10.6. The lowest BCUT2D eigenvalue weighted by Crippen LogP contribution is -2.25. The van der Waals surface area contributed by atoms with Crippen molar-refractivity contribution >= 4 is 28.6 Å². The van der Waals surface area contributed by atoms with Crippen LogP contribution in [0.5, 0.6) is 5.75 Å². The van der Waals surface area contributed by atoms with E-state index in [1.54, 1.807) is 23.5 Å². The third-order valence-electron chi connectivity index (χ3n) is 5.75. The van der Waals surface area contributed by atoms with Crippen molar-refractivity contribution in [3.63, 3.8) is 0 Å². The standard InChI is InChI=1S/C26H22FN3O2S/c1-16-4-3-5-21(17(16)2)29-26-30(13-18-6-9-20(27)10-7-18)23(15-33-26)19-8-11-24-22(12-19)28-25(31)14-32-24/h3-12,15H,13-14H2,1-2H3,(H,28,31). The van der Waals surface area contributed by atoms with Crippen molar-refractivity contribution in [2.75, 3.05) is 11.9 Å². The number of nitrogens with one attached hydrogen (secondary N) is 1. The molecule has 0 atom stereocenters. The lowest BCUT2D eigenvalue weighted by Gasteiger charge is -2.19. The van der Waals surface area contributed by atoms with Crippen molar-refractivity contribution in [1.82, 2.24) is 4.57 Å². The van der Waals surface area contributed by atoms with Gasteiger partial charge in [0.2, 0.25) is 0 Å². The number of thiazole rings is 1. The Hall–Kier alpha value is -3.71. The number of halogens is 1. The Morgan fingerprint density at radius 1 is 1.12 bits per heavy atom. The minimum Gasteiger partial charge on any atom is -0.482 e. The first kappa shape index (κ1) is 21.2. The molecule has 0 bridgehead atoms. The molecule has 5 nitrogen and oxygen atoms in total. The highest BCUT2D eigenvalue weighted by atomic mass is 32.1. The first-order valence-corrected chi connectivity index (χ1v) is 11.5. The Balaban J connectivity index is 1.65. The Morgan fingerprint density at radius 3 is 2.76 bits per heavy atom. The average molecular weight is 460 g/mol. The molecule has 3 aromatic carbocycles. The molecule has 2 heterocycles. The van der Waals surface area contributed by atoms with Crippen LogP contribution in [-0.2, 0) is 11.3 Å². The molecule has 1 aliphatic rings. The molecule has 33 heavy (non-hydrogen) atoms. The molecule has 0 saturated heterocycles. The predicted octanol–water partition coefficient (Wildman–Crippen LogP) is 5.58. The summed E-state index contributed by atoms with van der Waals surface area (Å²) in [5, 5.41) is 4.93. The number of ether oxygens (including phenoxy) is 1. The first-order chi connectivity index (χ1) is 16.0. The molecule has 1 N–H and O–H groups in total. The van der Waals surface area contributed by atoms with E-state index >= 15 is 0 Å². The molecule has 5 rings (SSSR count). The zero-order valence-corrected chi connectivity index (χ0v) is 19.1. The van der Waals surface area contributed by atoms with E-state index in [4.69, 9.17) is 9.73 Å². The number of fused-ring (bicyclic) bond motifs is 1. The Morgan fingerprint density at radius 2 is 1.94 bits per heavy atom. The maximum absolute atomic E-state index is 13.5. The summed E-state index contributed by atoms with van der Waals surface area (Å²) in [6, 6.07) is 18.3. The topological polar surface area (TPSA) is 55.6 Å². The van der Waals surface area contributed by atoms with Gasteiger partial charge in [-0.05, 0) is 66.9 Å². The number of anilines is 1. The number of nitrogens with zero attached hydrogens (tertiary/aromatic N) is 2. The summed E-state index contributed by atoms with van der Waals surface area (Å²) in [5.41, 5.74) is 6.74. The number of rotatable bonds is 4. The van der Waals surface area contributed by atoms with E-state index in [1.807, 2.05) is 30.3 Å². The van der Waals surface area contributed by atoms with Crippen molar-refractivity contribution < 1.29 is 13.9 Å². The van der Waals surface area contributed by atoms with Crippen molar-refractivity contribution in [2.24, 2.45) is 4.99 Å². The largest absolute Gasteiger partial charge is 0.482 e. The van der Waals surface area contributed by atoms with Crippen LogP contribution in [0, 0.1) is 19.7 Å². The second-order valence-corrected chi connectivity index (χ2v) is 8.83. The van der Waals surface area contributed by atoms with Crippen LogP contribution in [0.2, 0.25) is 0 Å². The van der Waals surface area contributed by atoms with Gasteiger partial charge in [0.1, 0.15) is 11.6 Å². The van der Waals surface area contributed by atoms with Crippen molar-refractivity contribution in [1.29, 1.82) is 0 Å². The summed E-state index contributed by atoms with van der Waals surface area (Å²) in [5.74, 6) is 0.216. The summed E-state index contributed by atoms with van der Waals surface area (Å²) in [6.07, 6.45) is 0. The van der Waals surface area contributed by atoms with E-state index in [9.17, 15) is 9.18 Å². The summed E-state index contributed by atoms with van der Waals surface area (Å²) in [6.45, 7) is 4.69. The van der Waals surface area contributed by atoms with Crippen LogP contribution in [0.3, 0.4) is 0 Å². The molecule has 0 fully saturated rings. The smallest absolute Gasteiger partial charge is 0.262 e. The fourth-order valence-corrected chi connectivity index (χ4v) is 4.70. The zero-order chi connectivity index (χ0) is 22.9. The minimum atomic E-state index is -0.264. The highest BCUT2D eigenvalue weighted by molar-refractivity contribution is 7.07.